The summed E-state index contributed by atoms with van der Waals surface area (Å²) in [6, 6.07) is 4.94. The van der Waals surface area contributed by atoms with Crippen LogP contribution in [0.5, 0.6) is 5.75 Å². The molecule has 7 heteroatoms. The SMILES string of the molecule is COc1ccc(CN)cc1S(=O)(=O)NCC1CCCOC1. The van der Waals surface area contributed by atoms with Crippen LogP contribution >= 0.6 is 0 Å². The van der Waals surface area contributed by atoms with Crippen molar-refractivity contribution in [3.8, 4) is 5.75 Å². The van der Waals surface area contributed by atoms with E-state index in [2.05, 4.69) is 4.72 Å². The van der Waals surface area contributed by atoms with Gasteiger partial charge < -0.3 is 15.2 Å². The van der Waals surface area contributed by atoms with Gasteiger partial charge in [-0.25, -0.2) is 13.1 Å². The number of benzene rings is 1. The molecule has 1 aromatic carbocycles. The van der Waals surface area contributed by atoms with Crippen molar-refractivity contribution >= 4 is 10.0 Å². The highest BCUT2D eigenvalue weighted by Crippen LogP contribution is 2.25. The monoisotopic (exact) mass is 314 g/mol. The second-order valence-electron chi connectivity index (χ2n) is 5.12. The predicted octanol–water partition coefficient (Wildman–Crippen LogP) is 0.859. The topological polar surface area (TPSA) is 90.7 Å². The average molecular weight is 314 g/mol. The number of rotatable bonds is 6. The zero-order valence-corrected chi connectivity index (χ0v) is 13.0. The molecule has 3 N–H and O–H groups in total. The molecule has 0 radical (unpaired) electrons. The molecule has 1 aliphatic rings. The summed E-state index contributed by atoms with van der Waals surface area (Å²) in [7, 11) is -2.17. The quantitative estimate of drug-likeness (QED) is 0.812. The zero-order valence-electron chi connectivity index (χ0n) is 12.2. The summed E-state index contributed by atoms with van der Waals surface area (Å²) in [5.41, 5.74) is 6.32. The normalized spacial score (nSPS) is 19.4. The molecule has 1 aliphatic heterocycles. The standard InChI is InChI=1S/C14H22N2O4S/c1-19-13-5-4-11(8-15)7-14(13)21(17,18)16-9-12-3-2-6-20-10-12/h4-5,7,12,16H,2-3,6,8-10,15H2,1H3. The van der Waals surface area contributed by atoms with Crippen molar-refractivity contribution in [3.63, 3.8) is 0 Å². The van der Waals surface area contributed by atoms with Gasteiger partial charge in [0, 0.05) is 19.7 Å². The van der Waals surface area contributed by atoms with E-state index >= 15 is 0 Å². The molecule has 0 bridgehead atoms. The van der Waals surface area contributed by atoms with E-state index in [4.69, 9.17) is 15.2 Å². The van der Waals surface area contributed by atoms with Gasteiger partial charge >= 0.3 is 0 Å². The van der Waals surface area contributed by atoms with Crippen molar-refractivity contribution in [3.05, 3.63) is 23.8 Å². The lowest BCUT2D eigenvalue weighted by molar-refractivity contribution is 0.0568. The Kier molecular flexibility index (Phi) is 5.58. The molecule has 6 nitrogen and oxygen atoms in total. The van der Waals surface area contributed by atoms with E-state index in [9.17, 15) is 8.42 Å². The Morgan fingerprint density at radius 2 is 2.29 bits per heavy atom. The van der Waals surface area contributed by atoms with Gasteiger partial charge in [0.2, 0.25) is 10.0 Å². The lowest BCUT2D eigenvalue weighted by atomic mass is 10.0. The molecule has 21 heavy (non-hydrogen) atoms. The maximum atomic E-state index is 12.4. The first-order chi connectivity index (χ1) is 10.1. The van der Waals surface area contributed by atoms with Gasteiger partial charge in [0.05, 0.1) is 13.7 Å². The molecule has 1 atom stereocenters. The fraction of sp³-hybridized carbons (Fsp3) is 0.571. The highest BCUT2D eigenvalue weighted by atomic mass is 32.2. The number of ether oxygens (including phenoxy) is 2. The number of sulfonamides is 1. The maximum Gasteiger partial charge on any atom is 0.244 e. The molecule has 1 aromatic rings. The highest BCUT2D eigenvalue weighted by molar-refractivity contribution is 7.89. The molecule has 1 heterocycles. The number of hydrogen-bond acceptors (Lipinski definition) is 5. The van der Waals surface area contributed by atoms with Crippen LogP contribution in [0.15, 0.2) is 23.1 Å². The zero-order chi connectivity index (χ0) is 15.3. The molecule has 0 saturated carbocycles. The molecule has 1 fully saturated rings. The Morgan fingerprint density at radius 1 is 1.48 bits per heavy atom. The van der Waals surface area contributed by atoms with E-state index in [1.807, 2.05) is 0 Å². The van der Waals surface area contributed by atoms with Gasteiger partial charge in [0.15, 0.2) is 0 Å². The van der Waals surface area contributed by atoms with Gasteiger partial charge in [-0.3, -0.25) is 0 Å². The first kappa shape index (κ1) is 16.2. The van der Waals surface area contributed by atoms with E-state index in [0.29, 0.717) is 18.9 Å². The maximum absolute atomic E-state index is 12.4. The Labute approximate surface area is 125 Å². The Morgan fingerprint density at radius 3 is 2.90 bits per heavy atom. The summed E-state index contributed by atoms with van der Waals surface area (Å²) >= 11 is 0. The number of nitrogens with one attached hydrogen (secondary N) is 1. The Balaban J connectivity index is 2.14. The molecule has 0 spiro atoms. The van der Waals surface area contributed by atoms with Gasteiger partial charge in [0.25, 0.3) is 0 Å². The van der Waals surface area contributed by atoms with Gasteiger partial charge in [-0.05, 0) is 36.5 Å². The predicted molar refractivity (Wildman–Crippen MR) is 79.6 cm³/mol. The number of nitrogens with two attached hydrogens (primary N) is 1. The number of methoxy groups -OCH3 is 1. The largest absolute Gasteiger partial charge is 0.495 e. The summed E-state index contributed by atoms with van der Waals surface area (Å²) in [5, 5.41) is 0. The van der Waals surface area contributed by atoms with Crippen LogP contribution in [0.4, 0.5) is 0 Å². The third kappa shape index (κ3) is 4.16. The van der Waals surface area contributed by atoms with Gasteiger partial charge in [-0.15, -0.1) is 0 Å². The fourth-order valence-electron chi connectivity index (χ4n) is 2.33. The Hall–Kier alpha value is -1.15. The molecule has 0 aromatic heterocycles. The summed E-state index contributed by atoms with van der Waals surface area (Å²) in [4.78, 5) is 0.129. The van der Waals surface area contributed by atoms with Crippen LogP contribution in [-0.4, -0.2) is 35.3 Å². The van der Waals surface area contributed by atoms with Crippen molar-refractivity contribution in [1.82, 2.24) is 4.72 Å². The van der Waals surface area contributed by atoms with Crippen LogP contribution in [0.25, 0.3) is 0 Å². The van der Waals surface area contributed by atoms with Crippen LogP contribution in [0, 0.1) is 5.92 Å². The minimum absolute atomic E-state index is 0.129. The highest BCUT2D eigenvalue weighted by Gasteiger charge is 2.22. The van der Waals surface area contributed by atoms with Gasteiger partial charge in [-0.2, -0.15) is 0 Å². The van der Waals surface area contributed by atoms with Crippen molar-refractivity contribution in [1.29, 1.82) is 0 Å². The molecule has 0 aliphatic carbocycles. The molecule has 2 rings (SSSR count). The molecule has 0 amide bonds. The number of hydrogen-bond donors (Lipinski definition) is 2. The van der Waals surface area contributed by atoms with Gasteiger partial charge in [0.1, 0.15) is 10.6 Å². The molecular weight excluding hydrogens is 292 g/mol. The van der Waals surface area contributed by atoms with Crippen LogP contribution in [0.3, 0.4) is 0 Å². The Bertz CT molecular complexity index is 568. The fourth-order valence-corrected chi connectivity index (χ4v) is 3.67. The van der Waals surface area contributed by atoms with E-state index in [1.165, 1.54) is 7.11 Å². The van der Waals surface area contributed by atoms with Gasteiger partial charge in [-0.1, -0.05) is 6.07 Å². The van der Waals surface area contributed by atoms with Crippen LogP contribution in [0.1, 0.15) is 18.4 Å². The second kappa shape index (κ2) is 7.22. The first-order valence-corrected chi connectivity index (χ1v) is 8.49. The summed E-state index contributed by atoms with van der Waals surface area (Å²) in [6.07, 6.45) is 1.95. The molecular formula is C14H22N2O4S. The van der Waals surface area contributed by atoms with Crippen LogP contribution < -0.4 is 15.2 Å². The summed E-state index contributed by atoms with van der Waals surface area (Å²) in [5.74, 6) is 0.539. The van der Waals surface area contributed by atoms with Crippen molar-refractivity contribution in [2.24, 2.45) is 11.7 Å². The minimum atomic E-state index is -3.62. The molecule has 1 saturated heterocycles. The van der Waals surface area contributed by atoms with Crippen molar-refractivity contribution in [2.75, 3.05) is 26.9 Å². The summed E-state index contributed by atoms with van der Waals surface area (Å²) in [6.45, 7) is 2.01. The van der Waals surface area contributed by atoms with E-state index in [1.54, 1.807) is 18.2 Å². The third-order valence-electron chi connectivity index (χ3n) is 3.57. The van der Waals surface area contributed by atoms with E-state index < -0.39 is 10.0 Å². The second-order valence-corrected chi connectivity index (χ2v) is 6.86. The van der Waals surface area contributed by atoms with Crippen LogP contribution in [-0.2, 0) is 21.3 Å². The smallest absolute Gasteiger partial charge is 0.244 e. The van der Waals surface area contributed by atoms with Crippen LogP contribution in [0.2, 0.25) is 0 Å². The first-order valence-electron chi connectivity index (χ1n) is 7.01. The van der Waals surface area contributed by atoms with Crippen molar-refractivity contribution in [2.45, 2.75) is 24.3 Å². The van der Waals surface area contributed by atoms with Crippen molar-refractivity contribution < 1.29 is 17.9 Å². The van der Waals surface area contributed by atoms with E-state index in [-0.39, 0.29) is 17.4 Å². The lowest BCUT2D eigenvalue weighted by Gasteiger charge is -2.22. The average Bonchev–Trinajstić information content (AvgIpc) is 2.53. The molecule has 118 valence electrons. The third-order valence-corrected chi connectivity index (χ3v) is 5.01. The minimum Gasteiger partial charge on any atom is -0.495 e. The molecule has 1 unspecified atom stereocenters. The summed E-state index contributed by atoms with van der Waals surface area (Å²) < 4.78 is 38.0. The van der Waals surface area contributed by atoms with E-state index in [0.717, 1.165) is 25.0 Å². The lowest BCUT2D eigenvalue weighted by Crippen LogP contribution is -2.33.